The summed E-state index contributed by atoms with van der Waals surface area (Å²) in [7, 11) is 0. The molecule has 2 aromatic carbocycles. The number of nitrogens with zero attached hydrogens (tertiary/aromatic N) is 1. The van der Waals surface area contributed by atoms with E-state index in [9.17, 15) is 27.2 Å². The monoisotopic (exact) mass is 494 g/mol. The predicted molar refractivity (Wildman–Crippen MR) is 124 cm³/mol. The normalized spacial score (nSPS) is 16.1. The minimum absolute atomic E-state index is 0.0281. The van der Waals surface area contributed by atoms with Gasteiger partial charge in [0.2, 0.25) is 0 Å². The van der Waals surface area contributed by atoms with Crippen molar-refractivity contribution >= 4 is 23.0 Å². The van der Waals surface area contributed by atoms with Crippen LogP contribution in [-0.4, -0.2) is 23.1 Å². The number of anilines is 1. The van der Waals surface area contributed by atoms with Crippen LogP contribution >= 0.6 is 0 Å². The molecule has 2 aliphatic rings. The highest BCUT2D eigenvalue weighted by Crippen LogP contribution is 2.45. The van der Waals surface area contributed by atoms with Crippen LogP contribution in [0.1, 0.15) is 23.1 Å². The number of ketones is 2. The molecule has 1 aliphatic heterocycles. The molecule has 5 nitrogen and oxygen atoms in total. The first-order chi connectivity index (χ1) is 17.2. The number of carbonyl (C=O) groups excluding carboxylic acids is 2. The van der Waals surface area contributed by atoms with E-state index < -0.39 is 41.2 Å². The second-order valence-corrected chi connectivity index (χ2v) is 8.36. The van der Waals surface area contributed by atoms with Crippen LogP contribution in [0.15, 0.2) is 72.5 Å². The van der Waals surface area contributed by atoms with Gasteiger partial charge >= 0.3 is 0 Å². The number of ether oxygens (including phenoxy) is 1. The van der Waals surface area contributed by atoms with Gasteiger partial charge in [0.1, 0.15) is 22.9 Å². The van der Waals surface area contributed by atoms with Crippen molar-refractivity contribution < 1.29 is 31.9 Å². The number of pyridine rings is 1. The molecule has 2 heterocycles. The van der Waals surface area contributed by atoms with Crippen LogP contribution in [0.25, 0.3) is 5.57 Å². The molecule has 5 rings (SSSR count). The highest BCUT2D eigenvalue weighted by Gasteiger charge is 2.43. The van der Waals surface area contributed by atoms with Crippen molar-refractivity contribution in [3.63, 3.8) is 0 Å². The lowest BCUT2D eigenvalue weighted by Gasteiger charge is -2.15. The molecule has 1 N–H and O–H groups in total. The van der Waals surface area contributed by atoms with E-state index in [1.54, 1.807) is 6.08 Å². The Morgan fingerprint density at radius 1 is 1.03 bits per heavy atom. The van der Waals surface area contributed by atoms with Crippen LogP contribution in [0.5, 0.6) is 11.5 Å². The molecule has 0 saturated carbocycles. The maximum Gasteiger partial charge on any atom is 0.297 e. The third-order valence-corrected chi connectivity index (χ3v) is 5.93. The minimum atomic E-state index is -3.22. The molecule has 0 atom stereocenters. The lowest BCUT2D eigenvalue weighted by molar-refractivity contribution is -0.118. The smallest absolute Gasteiger partial charge is 0.297 e. The predicted octanol–water partition coefficient (Wildman–Crippen LogP) is 5.76. The fourth-order valence-electron chi connectivity index (χ4n) is 4.18. The van der Waals surface area contributed by atoms with Gasteiger partial charge in [-0.05, 0) is 47.9 Å². The molecule has 0 unspecified atom stereocenters. The summed E-state index contributed by atoms with van der Waals surface area (Å²) < 4.78 is 61.9. The number of hydrogen-bond donors (Lipinski definition) is 1. The molecule has 0 saturated heterocycles. The van der Waals surface area contributed by atoms with Crippen LogP contribution in [0.3, 0.4) is 0 Å². The highest BCUT2D eigenvalue weighted by atomic mass is 19.3. The van der Waals surface area contributed by atoms with E-state index >= 15 is 0 Å². The first kappa shape index (κ1) is 23.5. The third-order valence-electron chi connectivity index (χ3n) is 5.93. The molecule has 36 heavy (non-hydrogen) atoms. The van der Waals surface area contributed by atoms with Gasteiger partial charge in [0.25, 0.3) is 5.92 Å². The van der Waals surface area contributed by atoms with E-state index in [2.05, 4.69) is 10.3 Å². The SMILES string of the molecule is O=C(Cc1ccc(Oc2ccnc3c2C(F)(F)CN3)c(F)c1)C1=CCC=C(c2ccc(F)cc2)C1=O. The number of halogens is 4. The van der Waals surface area contributed by atoms with E-state index in [0.29, 0.717) is 17.6 Å². The summed E-state index contributed by atoms with van der Waals surface area (Å²) in [5.74, 6) is -6.05. The number of fused-ring (bicyclic) bond motifs is 1. The molecular formula is C27H18F4N2O3. The number of hydrogen-bond acceptors (Lipinski definition) is 5. The Morgan fingerprint density at radius 3 is 2.56 bits per heavy atom. The van der Waals surface area contributed by atoms with Crippen molar-refractivity contribution in [1.29, 1.82) is 0 Å². The number of alkyl halides is 2. The van der Waals surface area contributed by atoms with Gasteiger partial charge in [-0.15, -0.1) is 0 Å². The van der Waals surface area contributed by atoms with Gasteiger partial charge in [-0.1, -0.05) is 30.4 Å². The summed E-state index contributed by atoms with van der Waals surface area (Å²) in [6.07, 6.45) is 4.53. The van der Waals surface area contributed by atoms with E-state index in [1.807, 2.05) is 0 Å². The van der Waals surface area contributed by atoms with Crippen molar-refractivity contribution in [1.82, 2.24) is 4.98 Å². The largest absolute Gasteiger partial charge is 0.454 e. The first-order valence-corrected chi connectivity index (χ1v) is 11.0. The standard InChI is InChI=1S/C27H18F4N2O3/c28-17-7-5-16(6-8-17)18-2-1-3-19(25(18)35)21(34)13-15-4-9-22(20(29)12-15)36-23-10-11-32-26-24(23)27(30,31)14-33-26/h2-12H,1,13-14H2,(H,32,33). The number of carbonyl (C=O) groups is 2. The van der Waals surface area contributed by atoms with Crippen LogP contribution in [-0.2, 0) is 21.9 Å². The third kappa shape index (κ3) is 4.39. The maximum absolute atomic E-state index is 14.8. The van der Waals surface area contributed by atoms with Gasteiger partial charge in [-0.2, -0.15) is 8.78 Å². The lowest BCUT2D eigenvalue weighted by atomic mass is 9.88. The van der Waals surface area contributed by atoms with Crippen LogP contribution in [0.4, 0.5) is 23.4 Å². The minimum Gasteiger partial charge on any atom is -0.454 e. The number of benzene rings is 2. The van der Waals surface area contributed by atoms with Crippen molar-refractivity contribution in [2.45, 2.75) is 18.8 Å². The summed E-state index contributed by atoms with van der Waals surface area (Å²) in [5, 5.41) is 2.49. The van der Waals surface area contributed by atoms with Crippen LogP contribution in [0.2, 0.25) is 0 Å². The van der Waals surface area contributed by atoms with E-state index in [1.165, 1.54) is 54.7 Å². The molecular weight excluding hydrogens is 476 g/mol. The molecule has 0 spiro atoms. The van der Waals surface area contributed by atoms with Crippen molar-refractivity contribution in [3.05, 3.63) is 101 Å². The molecule has 9 heteroatoms. The van der Waals surface area contributed by atoms with E-state index in [-0.39, 0.29) is 34.9 Å². The quantitative estimate of drug-likeness (QED) is 0.349. The Balaban J connectivity index is 1.31. The number of rotatable bonds is 6. The fraction of sp³-hybridized carbons (Fsp3) is 0.148. The van der Waals surface area contributed by atoms with Gasteiger partial charge < -0.3 is 10.1 Å². The average Bonchev–Trinajstić information content (AvgIpc) is 3.17. The van der Waals surface area contributed by atoms with Crippen molar-refractivity contribution in [3.8, 4) is 11.5 Å². The Labute approximate surface area is 203 Å². The van der Waals surface area contributed by atoms with Gasteiger partial charge in [-0.3, -0.25) is 9.59 Å². The van der Waals surface area contributed by atoms with Crippen LogP contribution in [0, 0.1) is 11.6 Å². The average molecular weight is 494 g/mol. The van der Waals surface area contributed by atoms with Crippen molar-refractivity contribution in [2.24, 2.45) is 0 Å². The number of Topliss-reactive ketones (excluding diaryl/α,β-unsaturated/α-hetero) is 2. The number of nitrogens with one attached hydrogen (secondary N) is 1. The second-order valence-electron chi connectivity index (χ2n) is 8.36. The zero-order valence-corrected chi connectivity index (χ0v) is 18.7. The Kier molecular flexibility index (Phi) is 5.91. The fourth-order valence-corrected chi connectivity index (χ4v) is 4.18. The summed E-state index contributed by atoms with van der Waals surface area (Å²) in [4.78, 5) is 29.6. The Morgan fingerprint density at radius 2 is 1.81 bits per heavy atom. The maximum atomic E-state index is 14.8. The van der Waals surface area contributed by atoms with E-state index in [0.717, 1.165) is 6.07 Å². The second kappa shape index (κ2) is 9.07. The molecule has 0 bridgehead atoms. The van der Waals surface area contributed by atoms with Gasteiger partial charge in [0.15, 0.2) is 23.1 Å². The number of allylic oxidation sites excluding steroid dienone is 4. The van der Waals surface area contributed by atoms with Gasteiger partial charge in [0.05, 0.1) is 12.1 Å². The first-order valence-electron chi connectivity index (χ1n) is 11.0. The number of aromatic nitrogens is 1. The Hall–Kier alpha value is -4.27. The highest BCUT2D eigenvalue weighted by molar-refractivity contribution is 6.39. The van der Waals surface area contributed by atoms with Gasteiger partial charge in [0, 0.05) is 18.2 Å². The molecule has 0 fully saturated rings. The zero-order chi connectivity index (χ0) is 25.4. The molecule has 1 aromatic heterocycles. The Bertz CT molecular complexity index is 1450. The van der Waals surface area contributed by atoms with Crippen molar-refractivity contribution in [2.75, 3.05) is 11.9 Å². The lowest BCUT2D eigenvalue weighted by Crippen LogP contribution is -2.18. The molecule has 0 amide bonds. The van der Waals surface area contributed by atoms with Gasteiger partial charge in [-0.25, -0.2) is 13.8 Å². The molecule has 182 valence electrons. The summed E-state index contributed by atoms with van der Waals surface area (Å²) >= 11 is 0. The molecule has 0 radical (unpaired) electrons. The summed E-state index contributed by atoms with van der Waals surface area (Å²) in [6, 6.07) is 10.3. The van der Waals surface area contributed by atoms with Crippen LogP contribution < -0.4 is 10.1 Å². The topological polar surface area (TPSA) is 68.3 Å². The van der Waals surface area contributed by atoms with E-state index in [4.69, 9.17) is 4.74 Å². The summed E-state index contributed by atoms with van der Waals surface area (Å²) in [5.41, 5.74) is 0.599. The zero-order valence-electron chi connectivity index (χ0n) is 18.7. The summed E-state index contributed by atoms with van der Waals surface area (Å²) in [6.45, 7) is -0.633. The molecule has 3 aromatic rings. The molecule has 1 aliphatic carbocycles.